The van der Waals surface area contributed by atoms with Gasteiger partial charge in [-0.15, -0.1) is 0 Å². The second-order valence-electron chi connectivity index (χ2n) is 5.71. The maximum Gasteiger partial charge on any atom is 0.116 e. The zero-order valence-corrected chi connectivity index (χ0v) is 11.0. The molecular formula is C12H25N3. The Labute approximate surface area is 94.5 Å². The molecule has 3 heteroatoms. The molecule has 1 atom stereocenters. The Morgan fingerprint density at radius 1 is 1.20 bits per heavy atom. The Morgan fingerprint density at radius 3 is 2.07 bits per heavy atom. The minimum Gasteiger partial charge on any atom is -0.303 e. The van der Waals surface area contributed by atoms with E-state index >= 15 is 0 Å². The van der Waals surface area contributed by atoms with E-state index in [1.54, 1.807) is 0 Å². The number of likely N-dealkylation sites (N-methyl/N-ethyl adjacent to an activating group) is 2. The van der Waals surface area contributed by atoms with Gasteiger partial charge >= 0.3 is 0 Å². The minimum absolute atomic E-state index is 0.275. The normalized spacial score (nSPS) is 16.1. The highest BCUT2D eigenvalue weighted by atomic mass is 15.1. The van der Waals surface area contributed by atoms with Gasteiger partial charge in [0, 0.05) is 13.1 Å². The topological polar surface area (TPSA) is 39.1 Å². The van der Waals surface area contributed by atoms with Crippen molar-refractivity contribution in [2.75, 3.05) is 26.7 Å². The van der Waals surface area contributed by atoms with E-state index < -0.39 is 5.54 Å². The molecule has 0 bridgehead atoms. The van der Waals surface area contributed by atoms with Crippen LogP contribution in [0.4, 0.5) is 0 Å². The van der Waals surface area contributed by atoms with Gasteiger partial charge in [-0.2, -0.15) is 5.26 Å². The van der Waals surface area contributed by atoms with Gasteiger partial charge in [-0.05, 0) is 25.9 Å². The maximum atomic E-state index is 9.12. The molecule has 0 aliphatic rings. The molecule has 0 amide bonds. The lowest BCUT2D eigenvalue weighted by Crippen LogP contribution is -2.50. The molecule has 1 N–H and O–H groups in total. The molecule has 0 saturated carbocycles. The molecule has 0 saturated heterocycles. The predicted octanol–water partition coefficient (Wildman–Crippen LogP) is 1.86. The molecule has 0 heterocycles. The lowest BCUT2D eigenvalue weighted by Gasteiger charge is -2.32. The van der Waals surface area contributed by atoms with Gasteiger partial charge in [-0.1, -0.05) is 27.7 Å². The van der Waals surface area contributed by atoms with Crippen LogP contribution < -0.4 is 5.32 Å². The molecule has 0 aliphatic carbocycles. The molecule has 3 nitrogen and oxygen atoms in total. The molecule has 88 valence electrons. The Morgan fingerprint density at radius 2 is 1.73 bits per heavy atom. The Kier molecular flexibility index (Phi) is 5.27. The minimum atomic E-state index is -0.436. The zero-order valence-electron chi connectivity index (χ0n) is 11.0. The number of nitriles is 1. The fourth-order valence-corrected chi connectivity index (χ4v) is 1.93. The van der Waals surface area contributed by atoms with E-state index in [4.69, 9.17) is 5.26 Å². The third kappa shape index (κ3) is 6.48. The summed E-state index contributed by atoms with van der Waals surface area (Å²) in [5.74, 6) is 0. The van der Waals surface area contributed by atoms with E-state index in [9.17, 15) is 0 Å². The van der Waals surface area contributed by atoms with Crippen LogP contribution >= 0.6 is 0 Å². The van der Waals surface area contributed by atoms with E-state index in [1.807, 2.05) is 13.8 Å². The summed E-state index contributed by atoms with van der Waals surface area (Å²) in [7, 11) is 2.07. The molecule has 0 fully saturated rings. The molecule has 0 aliphatic heterocycles. The van der Waals surface area contributed by atoms with Crippen LogP contribution in [0.1, 0.15) is 34.6 Å². The van der Waals surface area contributed by atoms with E-state index in [2.05, 4.69) is 44.1 Å². The van der Waals surface area contributed by atoms with Crippen molar-refractivity contribution in [3.63, 3.8) is 0 Å². The summed E-state index contributed by atoms with van der Waals surface area (Å²) in [6.07, 6.45) is 0. The molecule has 0 aromatic carbocycles. The molecule has 15 heavy (non-hydrogen) atoms. The van der Waals surface area contributed by atoms with Gasteiger partial charge in [-0.3, -0.25) is 5.32 Å². The predicted molar refractivity (Wildman–Crippen MR) is 64.6 cm³/mol. The van der Waals surface area contributed by atoms with Gasteiger partial charge in [0.15, 0.2) is 0 Å². The monoisotopic (exact) mass is 211 g/mol. The average molecular weight is 211 g/mol. The van der Waals surface area contributed by atoms with E-state index in [0.29, 0.717) is 0 Å². The second kappa shape index (κ2) is 5.48. The first-order valence-electron chi connectivity index (χ1n) is 5.57. The molecule has 0 rings (SSSR count). The van der Waals surface area contributed by atoms with Crippen LogP contribution in [-0.2, 0) is 0 Å². The molecule has 0 spiro atoms. The van der Waals surface area contributed by atoms with Crippen LogP contribution in [-0.4, -0.2) is 37.1 Å². The Hall–Kier alpha value is -0.590. The van der Waals surface area contributed by atoms with Gasteiger partial charge in [-0.25, -0.2) is 0 Å². The number of nitrogens with one attached hydrogen (secondary N) is 1. The summed E-state index contributed by atoms with van der Waals surface area (Å²) >= 11 is 0. The molecule has 0 radical (unpaired) electrons. The van der Waals surface area contributed by atoms with Crippen molar-refractivity contribution in [3.05, 3.63) is 0 Å². The largest absolute Gasteiger partial charge is 0.303 e. The van der Waals surface area contributed by atoms with Crippen molar-refractivity contribution in [3.8, 4) is 6.07 Å². The van der Waals surface area contributed by atoms with Crippen molar-refractivity contribution in [1.29, 1.82) is 5.26 Å². The summed E-state index contributed by atoms with van der Waals surface area (Å²) < 4.78 is 0. The lowest BCUT2D eigenvalue weighted by atomic mass is 9.95. The summed E-state index contributed by atoms with van der Waals surface area (Å²) in [4.78, 5) is 2.21. The number of nitrogens with zero attached hydrogens (tertiary/aromatic N) is 2. The highest BCUT2D eigenvalue weighted by Gasteiger charge is 2.25. The Bertz CT molecular complexity index is 224. The standard InChI is InChI=1S/C12H25N3/c1-7-14-12(5,8-13)10-15(6)9-11(2,3)4/h14H,7,9-10H2,1-6H3. The van der Waals surface area contributed by atoms with E-state index in [-0.39, 0.29) is 5.41 Å². The summed E-state index contributed by atoms with van der Waals surface area (Å²) in [6.45, 7) is 13.2. The Balaban J connectivity index is 4.26. The molecular weight excluding hydrogens is 186 g/mol. The van der Waals surface area contributed by atoms with Crippen molar-refractivity contribution >= 4 is 0 Å². The van der Waals surface area contributed by atoms with Gasteiger partial charge in [0.1, 0.15) is 5.54 Å². The SMILES string of the molecule is CCNC(C)(C#N)CN(C)CC(C)(C)C. The first kappa shape index (κ1) is 14.4. The number of rotatable bonds is 5. The first-order valence-corrected chi connectivity index (χ1v) is 5.57. The van der Waals surface area contributed by atoms with Crippen LogP contribution in [0.25, 0.3) is 0 Å². The number of hydrogen-bond donors (Lipinski definition) is 1. The second-order valence-corrected chi connectivity index (χ2v) is 5.71. The van der Waals surface area contributed by atoms with E-state index in [0.717, 1.165) is 19.6 Å². The fourth-order valence-electron chi connectivity index (χ4n) is 1.93. The summed E-state index contributed by atoms with van der Waals surface area (Å²) in [6, 6.07) is 2.34. The highest BCUT2D eigenvalue weighted by molar-refractivity contribution is 5.05. The van der Waals surface area contributed by atoms with Crippen LogP contribution in [0.2, 0.25) is 0 Å². The van der Waals surface area contributed by atoms with E-state index in [1.165, 1.54) is 0 Å². The van der Waals surface area contributed by atoms with Crippen molar-refractivity contribution in [2.45, 2.75) is 40.2 Å². The average Bonchev–Trinajstić information content (AvgIpc) is 2.00. The van der Waals surface area contributed by atoms with Gasteiger partial charge < -0.3 is 4.90 Å². The van der Waals surface area contributed by atoms with Crippen LogP contribution in [0.3, 0.4) is 0 Å². The van der Waals surface area contributed by atoms with Gasteiger partial charge in [0.05, 0.1) is 6.07 Å². The molecule has 0 aromatic heterocycles. The third-order valence-electron chi connectivity index (χ3n) is 2.14. The number of hydrogen-bond acceptors (Lipinski definition) is 3. The van der Waals surface area contributed by atoms with Crippen LogP contribution in [0.5, 0.6) is 0 Å². The maximum absolute atomic E-state index is 9.12. The van der Waals surface area contributed by atoms with Gasteiger partial charge in [0.25, 0.3) is 0 Å². The third-order valence-corrected chi connectivity index (χ3v) is 2.14. The van der Waals surface area contributed by atoms with Crippen molar-refractivity contribution in [2.24, 2.45) is 5.41 Å². The highest BCUT2D eigenvalue weighted by Crippen LogP contribution is 2.15. The smallest absolute Gasteiger partial charge is 0.116 e. The van der Waals surface area contributed by atoms with Crippen molar-refractivity contribution in [1.82, 2.24) is 10.2 Å². The van der Waals surface area contributed by atoms with Crippen LogP contribution in [0, 0.1) is 16.7 Å². The first-order chi connectivity index (χ1) is 6.72. The zero-order chi connectivity index (χ0) is 12.1. The van der Waals surface area contributed by atoms with Gasteiger partial charge in [0.2, 0.25) is 0 Å². The molecule has 0 aromatic rings. The fraction of sp³-hybridized carbons (Fsp3) is 0.917. The quantitative estimate of drug-likeness (QED) is 0.754. The van der Waals surface area contributed by atoms with Crippen LogP contribution in [0.15, 0.2) is 0 Å². The van der Waals surface area contributed by atoms with Crippen molar-refractivity contribution < 1.29 is 0 Å². The summed E-state index contributed by atoms with van der Waals surface area (Å²) in [5, 5.41) is 12.3. The molecule has 1 unspecified atom stereocenters. The lowest BCUT2D eigenvalue weighted by molar-refractivity contribution is 0.194. The summed E-state index contributed by atoms with van der Waals surface area (Å²) in [5.41, 5.74) is -0.161.